The molecule has 1 N–H and O–H groups in total. The third kappa shape index (κ3) is 3.33. The predicted octanol–water partition coefficient (Wildman–Crippen LogP) is 6.46. The van der Waals surface area contributed by atoms with Gasteiger partial charge in [0.1, 0.15) is 10.4 Å². The number of halogens is 1. The minimum absolute atomic E-state index is 0.148. The molecule has 0 aliphatic rings. The molecular formula is C23H16ClNO2S. The highest BCUT2D eigenvalue weighted by atomic mass is 35.5. The number of rotatable bonds is 4. The van der Waals surface area contributed by atoms with Crippen LogP contribution < -0.4 is 4.74 Å². The highest BCUT2D eigenvalue weighted by Crippen LogP contribution is 2.34. The second-order valence-electron chi connectivity index (χ2n) is 6.32. The first-order valence-corrected chi connectivity index (χ1v) is 9.47. The molecule has 1 aromatic heterocycles. The maximum Gasteiger partial charge on any atom is 0.196 e. The number of carbonyl (C=O) groups is 1. The minimum atomic E-state index is -0.148. The van der Waals surface area contributed by atoms with E-state index in [2.05, 4.69) is 4.98 Å². The number of benzene rings is 3. The van der Waals surface area contributed by atoms with E-state index in [1.165, 1.54) is 0 Å². The van der Waals surface area contributed by atoms with Crippen LogP contribution in [0.4, 0.5) is 0 Å². The third-order valence-electron chi connectivity index (χ3n) is 4.62. The summed E-state index contributed by atoms with van der Waals surface area (Å²) in [6, 6.07) is 22.3. The average molecular weight is 406 g/mol. The number of aromatic amines is 1. The Balaban J connectivity index is 2.03. The number of ketones is 1. The van der Waals surface area contributed by atoms with Gasteiger partial charge in [0.2, 0.25) is 0 Å². The predicted molar refractivity (Wildman–Crippen MR) is 116 cm³/mol. The van der Waals surface area contributed by atoms with Gasteiger partial charge in [-0.15, -0.1) is 0 Å². The Morgan fingerprint density at radius 3 is 2.39 bits per heavy atom. The van der Waals surface area contributed by atoms with Crippen molar-refractivity contribution in [1.29, 1.82) is 0 Å². The van der Waals surface area contributed by atoms with Crippen LogP contribution in [0.3, 0.4) is 0 Å². The summed E-state index contributed by atoms with van der Waals surface area (Å²) in [6.45, 7) is 0. The van der Waals surface area contributed by atoms with Crippen molar-refractivity contribution in [2.45, 2.75) is 0 Å². The molecule has 3 nitrogen and oxygen atoms in total. The van der Waals surface area contributed by atoms with Crippen LogP contribution in [-0.4, -0.2) is 17.9 Å². The lowest BCUT2D eigenvalue weighted by atomic mass is 9.92. The number of nitrogens with one attached hydrogen (secondary N) is 1. The minimum Gasteiger partial charge on any atom is -0.497 e. The van der Waals surface area contributed by atoms with E-state index in [1.807, 2.05) is 42.5 Å². The average Bonchev–Trinajstić information content (AvgIpc) is 2.73. The first-order valence-electron chi connectivity index (χ1n) is 8.68. The summed E-state index contributed by atoms with van der Waals surface area (Å²) in [5, 5.41) is 1.45. The maximum absolute atomic E-state index is 13.4. The van der Waals surface area contributed by atoms with E-state index in [4.69, 9.17) is 28.6 Å². The first-order chi connectivity index (χ1) is 13.6. The largest absolute Gasteiger partial charge is 0.497 e. The Morgan fingerprint density at radius 1 is 1.00 bits per heavy atom. The first kappa shape index (κ1) is 18.4. The molecule has 0 spiro atoms. The molecule has 0 saturated heterocycles. The van der Waals surface area contributed by atoms with Gasteiger partial charge in [-0.05, 0) is 48.0 Å². The van der Waals surface area contributed by atoms with E-state index in [0.717, 1.165) is 22.0 Å². The molecule has 0 aliphatic carbocycles. The van der Waals surface area contributed by atoms with Gasteiger partial charge in [-0.1, -0.05) is 54.2 Å². The summed E-state index contributed by atoms with van der Waals surface area (Å²) >= 11 is 11.9. The maximum atomic E-state index is 13.4. The summed E-state index contributed by atoms with van der Waals surface area (Å²) in [5.74, 6) is 0.542. The van der Waals surface area contributed by atoms with Gasteiger partial charge < -0.3 is 9.72 Å². The van der Waals surface area contributed by atoms with Gasteiger partial charge in [-0.2, -0.15) is 0 Å². The summed E-state index contributed by atoms with van der Waals surface area (Å²) in [4.78, 5) is 16.6. The number of hydrogen-bond donors (Lipinski definition) is 1. The summed E-state index contributed by atoms with van der Waals surface area (Å²) < 4.78 is 5.59. The SMILES string of the molecule is COc1ccc(C(=O)c2c(-c3ccccc3)c3cc(Cl)ccc3[nH]c2=S)cc1. The number of ether oxygens (including phenoxy) is 1. The van der Waals surface area contributed by atoms with Crippen LogP contribution >= 0.6 is 23.8 Å². The molecule has 5 heteroatoms. The van der Waals surface area contributed by atoms with Crippen LogP contribution in [0.25, 0.3) is 22.0 Å². The Labute approximate surface area is 172 Å². The zero-order valence-electron chi connectivity index (χ0n) is 15.0. The van der Waals surface area contributed by atoms with Gasteiger partial charge in [0, 0.05) is 27.1 Å². The third-order valence-corrected chi connectivity index (χ3v) is 5.16. The molecule has 0 unspecified atom stereocenters. The van der Waals surface area contributed by atoms with E-state index >= 15 is 0 Å². The lowest BCUT2D eigenvalue weighted by Gasteiger charge is -2.14. The Hall–Kier alpha value is -2.95. The molecule has 138 valence electrons. The molecule has 0 aliphatic heterocycles. The zero-order valence-corrected chi connectivity index (χ0v) is 16.6. The van der Waals surface area contributed by atoms with Crippen molar-refractivity contribution in [3.05, 3.63) is 93.6 Å². The van der Waals surface area contributed by atoms with Gasteiger partial charge in [-0.3, -0.25) is 4.79 Å². The van der Waals surface area contributed by atoms with E-state index in [0.29, 0.717) is 26.5 Å². The highest BCUT2D eigenvalue weighted by molar-refractivity contribution is 7.71. The number of methoxy groups -OCH3 is 1. The highest BCUT2D eigenvalue weighted by Gasteiger charge is 2.20. The topological polar surface area (TPSA) is 42.1 Å². The molecule has 0 atom stereocenters. The second-order valence-corrected chi connectivity index (χ2v) is 7.16. The molecule has 4 aromatic rings. The van der Waals surface area contributed by atoms with Crippen LogP contribution in [0.15, 0.2) is 72.8 Å². The standard InChI is InChI=1S/C23H16ClNO2S/c1-27-17-10-7-15(8-11-17)22(26)21-20(14-5-3-2-4-6-14)18-13-16(24)9-12-19(18)25-23(21)28/h2-13H,1H3,(H,25,28). The van der Waals surface area contributed by atoms with Crippen molar-refractivity contribution < 1.29 is 9.53 Å². The van der Waals surface area contributed by atoms with Gasteiger partial charge in [-0.25, -0.2) is 0 Å². The molecule has 0 amide bonds. The van der Waals surface area contributed by atoms with E-state index < -0.39 is 0 Å². The fraction of sp³-hybridized carbons (Fsp3) is 0.0435. The molecule has 28 heavy (non-hydrogen) atoms. The Bertz CT molecular complexity index is 1230. The van der Waals surface area contributed by atoms with Crippen LogP contribution in [0.1, 0.15) is 15.9 Å². The molecule has 0 bridgehead atoms. The molecule has 3 aromatic carbocycles. The summed E-state index contributed by atoms with van der Waals surface area (Å²) in [6.07, 6.45) is 0. The van der Waals surface area contributed by atoms with Gasteiger partial charge >= 0.3 is 0 Å². The van der Waals surface area contributed by atoms with Crippen molar-refractivity contribution in [3.8, 4) is 16.9 Å². The number of H-pyrrole nitrogens is 1. The second kappa shape index (κ2) is 7.58. The number of aromatic nitrogens is 1. The van der Waals surface area contributed by atoms with Gasteiger partial charge in [0.05, 0.1) is 12.7 Å². The number of hydrogen-bond acceptors (Lipinski definition) is 3. The fourth-order valence-corrected chi connectivity index (χ4v) is 3.75. The van der Waals surface area contributed by atoms with Gasteiger partial charge in [0.25, 0.3) is 0 Å². The Kier molecular flexibility index (Phi) is 4.99. The summed E-state index contributed by atoms with van der Waals surface area (Å²) in [7, 11) is 1.59. The van der Waals surface area contributed by atoms with Crippen molar-refractivity contribution in [2.75, 3.05) is 7.11 Å². The van der Waals surface area contributed by atoms with Crippen molar-refractivity contribution in [2.24, 2.45) is 0 Å². The van der Waals surface area contributed by atoms with Crippen molar-refractivity contribution in [1.82, 2.24) is 4.98 Å². The van der Waals surface area contributed by atoms with E-state index in [1.54, 1.807) is 37.4 Å². The van der Waals surface area contributed by atoms with E-state index in [-0.39, 0.29) is 5.78 Å². The lowest BCUT2D eigenvalue weighted by Crippen LogP contribution is -2.07. The number of fused-ring (bicyclic) bond motifs is 1. The lowest BCUT2D eigenvalue weighted by molar-refractivity contribution is 0.103. The summed E-state index contributed by atoms with van der Waals surface area (Å²) in [5.41, 5.74) is 3.52. The van der Waals surface area contributed by atoms with Crippen molar-refractivity contribution >= 4 is 40.5 Å². The normalized spacial score (nSPS) is 10.8. The number of carbonyl (C=O) groups excluding carboxylic acids is 1. The van der Waals surface area contributed by atoms with Crippen LogP contribution in [0.5, 0.6) is 5.75 Å². The van der Waals surface area contributed by atoms with Crippen LogP contribution in [-0.2, 0) is 0 Å². The smallest absolute Gasteiger partial charge is 0.196 e. The molecule has 0 saturated carbocycles. The molecule has 4 rings (SSSR count). The van der Waals surface area contributed by atoms with Crippen molar-refractivity contribution in [3.63, 3.8) is 0 Å². The monoisotopic (exact) mass is 405 g/mol. The zero-order chi connectivity index (χ0) is 19.7. The molecule has 0 fully saturated rings. The molecular weight excluding hydrogens is 390 g/mol. The van der Waals surface area contributed by atoms with Crippen LogP contribution in [0.2, 0.25) is 5.02 Å². The number of pyridine rings is 1. The van der Waals surface area contributed by atoms with Crippen LogP contribution in [0, 0.1) is 4.64 Å². The fourth-order valence-electron chi connectivity index (χ4n) is 3.27. The van der Waals surface area contributed by atoms with Gasteiger partial charge in [0.15, 0.2) is 5.78 Å². The Morgan fingerprint density at radius 2 is 1.71 bits per heavy atom. The quantitative estimate of drug-likeness (QED) is 0.313. The van der Waals surface area contributed by atoms with E-state index in [9.17, 15) is 4.79 Å². The molecule has 0 radical (unpaired) electrons. The molecule has 1 heterocycles.